The Morgan fingerprint density at radius 1 is 0.742 bits per heavy atom. The fourth-order valence-corrected chi connectivity index (χ4v) is 3.36. The van der Waals surface area contributed by atoms with Gasteiger partial charge in [0.2, 0.25) is 5.82 Å². The van der Waals surface area contributed by atoms with E-state index in [4.69, 9.17) is 9.05 Å². The maximum atomic E-state index is 5.41. The fourth-order valence-electron chi connectivity index (χ4n) is 3.36. The number of fused-ring (bicyclic) bond motifs is 1. The average Bonchev–Trinajstić information content (AvgIpc) is 3.59. The van der Waals surface area contributed by atoms with Gasteiger partial charge < -0.3 is 9.05 Å². The van der Waals surface area contributed by atoms with Crippen molar-refractivity contribution in [1.82, 2.24) is 29.8 Å². The first-order valence-electron chi connectivity index (χ1n) is 9.60. The monoisotopic (exact) mass is 406 g/mol. The minimum absolute atomic E-state index is 0.283. The van der Waals surface area contributed by atoms with E-state index in [1.165, 1.54) is 0 Å². The molecule has 2 aromatic carbocycles. The summed E-state index contributed by atoms with van der Waals surface area (Å²) in [5.41, 5.74) is 4.04. The average molecular weight is 406 g/mol. The van der Waals surface area contributed by atoms with Crippen molar-refractivity contribution in [3.05, 3.63) is 85.3 Å². The van der Waals surface area contributed by atoms with Gasteiger partial charge in [0.05, 0.1) is 11.0 Å². The van der Waals surface area contributed by atoms with E-state index in [-0.39, 0.29) is 5.89 Å². The van der Waals surface area contributed by atoms with Gasteiger partial charge in [-0.3, -0.25) is 4.57 Å². The van der Waals surface area contributed by atoms with E-state index in [1.54, 1.807) is 18.6 Å². The van der Waals surface area contributed by atoms with Crippen LogP contribution in [-0.2, 0) is 0 Å². The molecule has 148 valence electrons. The molecule has 0 unspecified atom stereocenters. The fraction of sp³-hybridized carbons (Fsp3) is 0. The summed E-state index contributed by atoms with van der Waals surface area (Å²) < 4.78 is 12.7. The maximum absolute atomic E-state index is 5.41. The lowest BCUT2D eigenvalue weighted by Crippen LogP contribution is -1.95. The lowest BCUT2D eigenvalue weighted by atomic mass is 10.2. The van der Waals surface area contributed by atoms with Crippen LogP contribution in [0.3, 0.4) is 0 Å². The zero-order valence-electron chi connectivity index (χ0n) is 16.1. The van der Waals surface area contributed by atoms with Crippen molar-refractivity contribution in [2.45, 2.75) is 0 Å². The van der Waals surface area contributed by atoms with Crippen molar-refractivity contribution in [3.8, 4) is 40.1 Å². The molecular formula is C23H14N6O2. The molecule has 0 spiro atoms. The summed E-state index contributed by atoms with van der Waals surface area (Å²) in [4.78, 5) is 13.4. The number of aromatic nitrogens is 6. The molecule has 0 aliphatic carbocycles. The molecule has 8 heteroatoms. The van der Waals surface area contributed by atoms with Crippen LogP contribution in [0.2, 0.25) is 0 Å². The third kappa shape index (κ3) is 3.06. The van der Waals surface area contributed by atoms with E-state index in [9.17, 15) is 0 Å². The lowest BCUT2D eigenvalue weighted by molar-refractivity contribution is 0.411. The highest BCUT2D eigenvalue weighted by molar-refractivity contribution is 5.76. The molecule has 0 atom stereocenters. The standard InChI is InChI=1S/C23H14N6O2/c1-2-6-15(7-3-1)20-12-18(27-30-20)23-26-22(28-31-23)16-10-11-21(24-13-16)29-14-25-17-8-4-5-9-19(17)29/h1-14H. The van der Waals surface area contributed by atoms with E-state index < -0.39 is 0 Å². The number of hydrogen-bond acceptors (Lipinski definition) is 7. The summed E-state index contributed by atoms with van der Waals surface area (Å²) in [6, 6.07) is 23.2. The van der Waals surface area contributed by atoms with Crippen LogP contribution in [0.15, 0.2) is 94.4 Å². The van der Waals surface area contributed by atoms with Crippen LogP contribution in [0.25, 0.3) is 51.1 Å². The van der Waals surface area contributed by atoms with Gasteiger partial charge in [0.25, 0.3) is 5.89 Å². The summed E-state index contributed by atoms with van der Waals surface area (Å²) in [6.07, 6.45) is 3.46. The Morgan fingerprint density at radius 2 is 1.61 bits per heavy atom. The van der Waals surface area contributed by atoms with Gasteiger partial charge in [-0.05, 0) is 24.3 Å². The van der Waals surface area contributed by atoms with Crippen LogP contribution in [-0.4, -0.2) is 29.8 Å². The maximum Gasteiger partial charge on any atom is 0.280 e. The van der Waals surface area contributed by atoms with Gasteiger partial charge in [-0.1, -0.05) is 52.8 Å². The van der Waals surface area contributed by atoms with Crippen molar-refractivity contribution in [2.24, 2.45) is 0 Å². The van der Waals surface area contributed by atoms with E-state index in [0.717, 1.165) is 28.0 Å². The van der Waals surface area contributed by atoms with Crippen LogP contribution in [0.5, 0.6) is 0 Å². The predicted octanol–water partition coefficient (Wildman–Crippen LogP) is 4.79. The third-order valence-electron chi connectivity index (χ3n) is 4.92. The van der Waals surface area contributed by atoms with E-state index in [2.05, 4.69) is 25.3 Å². The first kappa shape index (κ1) is 17.3. The Kier molecular flexibility index (Phi) is 3.92. The molecule has 0 aliphatic heterocycles. The van der Waals surface area contributed by atoms with Crippen molar-refractivity contribution in [3.63, 3.8) is 0 Å². The second kappa shape index (κ2) is 7.03. The van der Waals surface area contributed by atoms with Crippen LogP contribution < -0.4 is 0 Å². The molecule has 0 aliphatic rings. The van der Waals surface area contributed by atoms with Gasteiger partial charge in [0, 0.05) is 23.4 Å². The molecule has 0 bridgehead atoms. The lowest BCUT2D eigenvalue weighted by Gasteiger charge is -2.03. The molecule has 0 fully saturated rings. The van der Waals surface area contributed by atoms with Gasteiger partial charge in [-0.15, -0.1) is 0 Å². The first-order chi connectivity index (χ1) is 15.3. The highest BCUT2D eigenvalue weighted by atomic mass is 16.5. The molecule has 4 heterocycles. The molecule has 31 heavy (non-hydrogen) atoms. The minimum atomic E-state index is 0.283. The van der Waals surface area contributed by atoms with Crippen molar-refractivity contribution in [2.75, 3.05) is 0 Å². The Bertz CT molecular complexity index is 1480. The van der Waals surface area contributed by atoms with Crippen molar-refractivity contribution in [1.29, 1.82) is 0 Å². The SMILES string of the molecule is c1ccc(-c2cc(-c3nc(-c4ccc(-n5cnc6ccccc65)nc4)no3)no2)cc1. The highest BCUT2D eigenvalue weighted by Crippen LogP contribution is 2.27. The predicted molar refractivity (Wildman–Crippen MR) is 113 cm³/mol. The molecular weight excluding hydrogens is 392 g/mol. The number of pyridine rings is 1. The molecule has 0 radical (unpaired) electrons. The summed E-state index contributed by atoms with van der Waals surface area (Å²) in [5, 5.41) is 8.11. The molecule has 6 aromatic rings. The molecule has 0 saturated heterocycles. The van der Waals surface area contributed by atoms with Crippen LogP contribution in [0.1, 0.15) is 0 Å². The number of hydrogen-bond donors (Lipinski definition) is 0. The van der Waals surface area contributed by atoms with E-state index in [1.807, 2.05) is 71.3 Å². The largest absolute Gasteiger partial charge is 0.355 e. The summed E-state index contributed by atoms with van der Waals surface area (Å²) in [7, 11) is 0. The van der Waals surface area contributed by atoms with Gasteiger partial charge in [-0.25, -0.2) is 9.97 Å². The molecule has 0 N–H and O–H groups in total. The molecule has 6 rings (SSSR count). The second-order valence-corrected chi connectivity index (χ2v) is 6.87. The second-order valence-electron chi connectivity index (χ2n) is 6.87. The Labute approximate surface area is 175 Å². The normalized spacial score (nSPS) is 11.2. The number of rotatable bonds is 4. The minimum Gasteiger partial charge on any atom is -0.355 e. The van der Waals surface area contributed by atoms with E-state index >= 15 is 0 Å². The summed E-state index contributed by atoms with van der Waals surface area (Å²) in [6.45, 7) is 0. The first-order valence-corrected chi connectivity index (χ1v) is 9.60. The Balaban J connectivity index is 1.28. The molecule has 4 aromatic heterocycles. The van der Waals surface area contributed by atoms with Crippen molar-refractivity contribution >= 4 is 11.0 Å². The highest BCUT2D eigenvalue weighted by Gasteiger charge is 2.16. The Hall–Kier alpha value is -4.59. The topological polar surface area (TPSA) is 95.7 Å². The van der Waals surface area contributed by atoms with Gasteiger partial charge >= 0.3 is 0 Å². The van der Waals surface area contributed by atoms with Gasteiger partial charge in [0.15, 0.2) is 11.5 Å². The quantitative estimate of drug-likeness (QED) is 0.415. The summed E-state index contributed by atoms with van der Waals surface area (Å²) >= 11 is 0. The smallest absolute Gasteiger partial charge is 0.280 e. The molecule has 0 amide bonds. The number of para-hydroxylation sites is 2. The number of nitrogens with zero attached hydrogens (tertiary/aromatic N) is 6. The zero-order valence-corrected chi connectivity index (χ0v) is 16.1. The van der Waals surface area contributed by atoms with Crippen molar-refractivity contribution < 1.29 is 9.05 Å². The number of benzene rings is 2. The van der Waals surface area contributed by atoms with Crippen LogP contribution in [0, 0.1) is 0 Å². The Morgan fingerprint density at radius 3 is 2.48 bits per heavy atom. The van der Waals surface area contributed by atoms with Crippen LogP contribution in [0.4, 0.5) is 0 Å². The zero-order chi connectivity index (χ0) is 20.6. The molecule has 8 nitrogen and oxygen atoms in total. The number of imidazole rings is 1. The molecule has 0 saturated carbocycles. The van der Waals surface area contributed by atoms with Gasteiger partial charge in [-0.2, -0.15) is 4.98 Å². The third-order valence-corrected chi connectivity index (χ3v) is 4.92. The van der Waals surface area contributed by atoms with Crippen LogP contribution >= 0.6 is 0 Å². The summed E-state index contributed by atoms with van der Waals surface area (Å²) in [5.74, 6) is 2.10. The van der Waals surface area contributed by atoms with E-state index in [0.29, 0.717) is 17.3 Å². The van der Waals surface area contributed by atoms with Gasteiger partial charge in [0.1, 0.15) is 12.1 Å².